The summed E-state index contributed by atoms with van der Waals surface area (Å²) >= 11 is 0. The molecule has 256 valence electrons. The largest absolute Gasteiger partial charge is 0.508 e. The van der Waals surface area contributed by atoms with Crippen molar-refractivity contribution in [3.8, 4) is 28.6 Å². The maximum atomic E-state index is 16.7. The van der Waals surface area contributed by atoms with Crippen LogP contribution in [0.4, 0.5) is 23.4 Å². The summed E-state index contributed by atoms with van der Waals surface area (Å²) in [7, 11) is 0. The van der Waals surface area contributed by atoms with Crippen LogP contribution in [-0.2, 0) is 4.79 Å². The molecule has 2 unspecified atom stereocenters. The Morgan fingerprint density at radius 3 is 2.50 bits per heavy atom. The quantitative estimate of drug-likeness (QED) is 0.162. The van der Waals surface area contributed by atoms with Gasteiger partial charge in [-0.3, -0.25) is 9.69 Å². The minimum Gasteiger partial charge on any atom is -0.508 e. The van der Waals surface area contributed by atoms with Crippen LogP contribution in [0.5, 0.6) is 17.5 Å². The van der Waals surface area contributed by atoms with E-state index in [2.05, 4.69) is 20.2 Å². The van der Waals surface area contributed by atoms with Crippen LogP contribution in [0.1, 0.15) is 32.1 Å². The van der Waals surface area contributed by atoms with E-state index in [1.54, 1.807) is 0 Å². The molecule has 4 N–H and O–H groups in total. The fourth-order valence-corrected chi connectivity index (χ4v) is 7.96. The van der Waals surface area contributed by atoms with Crippen LogP contribution in [-0.4, -0.2) is 93.2 Å². The summed E-state index contributed by atoms with van der Waals surface area (Å²) in [6.45, 7) is 1.88. The smallest absolute Gasteiger partial charge is 0.319 e. The molecular formula is C33H34ClF4N5O5. The molecule has 1 aromatic heterocycles. The number of halogens is 5. The molecule has 0 amide bonds. The van der Waals surface area contributed by atoms with Crippen molar-refractivity contribution in [1.82, 2.24) is 20.2 Å². The predicted octanol–water partition coefficient (Wildman–Crippen LogP) is 5.30. The average molecular weight is 692 g/mol. The molecule has 4 fully saturated rings. The average Bonchev–Trinajstić information content (AvgIpc) is 3.69. The maximum absolute atomic E-state index is 16.7. The van der Waals surface area contributed by atoms with Gasteiger partial charge >= 0.3 is 6.01 Å². The number of phenolic OH excluding ortho intramolecular Hbond substituents is 2. The highest BCUT2D eigenvalue weighted by Crippen LogP contribution is 2.46. The molecule has 4 atom stereocenters. The van der Waals surface area contributed by atoms with E-state index in [0.717, 1.165) is 44.4 Å². The van der Waals surface area contributed by atoms with Crippen molar-refractivity contribution < 1.29 is 42.4 Å². The molecule has 4 saturated heterocycles. The number of aromatic hydroxyl groups is 2. The van der Waals surface area contributed by atoms with E-state index in [4.69, 9.17) is 14.6 Å². The lowest BCUT2D eigenvalue weighted by atomic mass is 9.94. The third-order valence-corrected chi connectivity index (χ3v) is 9.89. The molecule has 10 nitrogen and oxygen atoms in total. The first-order valence-corrected chi connectivity index (χ1v) is 15.6. The van der Waals surface area contributed by atoms with Crippen LogP contribution in [0, 0.1) is 17.5 Å². The highest BCUT2D eigenvalue weighted by Gasteiger charge is 2.49. The molecule has 5 heterocycles. The van der Waals surface area contributed by atoms with Crippen LogP contribution in [0.15, 0.2) is 30.3 Å². The lowest BCUT2D eigenvalue weighted by molar-refractivity contribution is -0.122. The van der Waals surface area contributed by atoms with E-state index < -0.39 is 46.0 Å². The number of nitrogens with zero attached hydrogens (tertiary/aromatic N) is 4. The van der Waals surface area contributed by atoms with Gasteiger partial charge in [-0.25, -0.2) is 17.6 Å². The fourth-order valence-electron chi connectivity index (χ4n) is 7.96. The van der Waals surface area contributed by atoms with Crippen molar-refractivity contribution in [2.75, 3.05) is 37.7 Å². The Morgan fingerprint density at radius 2 is 1.77 bits per heavy atom. The van der Waals surface area contributed by atoms with Gasteiger partial charge in [0.15, 0.2) is 17.4 Å². The van der Waals surface area contributed by atoms with Crippen LogP contribution in [0.25, 0.3) is 32.8 Å². The predicted molar refractivity (Wildman–Crippen MR) is 172 cm³/mol. The second-order valence-corrected chi connectivity index (χ2v) is 12.7. The first kappa shape index (κ1) is 33.7. The minimum absolute atomic E-state index is 0. The second kappa shape index (κ2) is 13.1. The number of fused-ring (bicyclic) bond motifs is 5. The summed E-state index contributed by atoms with van der Waals surface area (Å²) in [5, 5.41) is 31.8. The molecule has 0 aliphatic carbocycles. The van der Waals surface area contributed by atoms with Crippen LogP contribution < -0.4 is 15.0 Å². The molecule has 0 radical (unpaired) electrons. The van der Waals surface area contributed by atoms with Gasteiger partial charge in [-0.2, -0.15) is 9.97 Å². The number of ether oxygens (including phenoxy) is 1. The maximum Gasteiger partial charge on any atom is 0.319 e. The van der Waals surface area contributed by atoms with Gasteiger partial charge < -0.3 is 30.3 Å². The third kappa shape index (κ3) is 5.69. The number of benzene rings is 3. The molecule has 0 spiro atoms. The molecule has 4 aliphatic heterocycles. The lowest BCUT2D eigenvalue weighted by Crippen LogP contribution is -2.51. The highest BCUT2D eigenvalue weighted by molar-refractivity contribution is 6.04. The summed E-state index contributed by atoms with van der Waals surface area (Å²) in [6.07, 6.45) is 2.84. The van der Waals surface area contributed by atoms with E-state index in [0.29, 0.717) is 26.1 Å². The molecule has 4 aliphatic rings. The standard InChI is InChI=1S/C32H31F4N5O3.CH2O2.ClH/c33-17-11-32(7-2-8-41(32)12-17)15-44-31-38-28-25(30(39-31)40-13-18-5-6-19(14-40)37-18)27(36)29(43)24(26(28)35)21-10-20(42)9-16-3-1-4-22(34)23(16)21;2-1-3;/h1,3-4,9-10,17-19,37,42-43H,2,5-8,11-15H2;1H,(H,2,3);1H/t17-,18?,19?,32+;;/m1../s1. The van der Waals surface area contributed by atoms with Crippen molar-refractivity contribution in [3.63, 3.8) is 0 Å². The number of hydrogen-bond donors (Lipinski definition) is 4. The van der Waals surface area contributed by atoms with Gasteiger partial charge in [-0.15, -0.1) is 12.4 Å². The molecule has 4 aromatic rings. The Bertz CT molecular complexity index is 1880. The van der Waals surface area contributed by atoms with Crippen molar-refractivity contribution in [2.24, 2.45) is 0 Å². The zero-order valence-electron chi connectivity index (χ0n) is 25.6. The molecule has 0 saturated carbocycles. The number of nitrogens with one attached hydrogen (secondary N) is 1. The minimum atomic E-state index is -1.16. The lowest BCUT2D eigenvalue weighted by Gasteiger charge is -2.35. The molecule has 2 bridgehead atoms. The fraction of sp³-hybridized carbons (Fsp3) is 0.424. The van der Waals surface area contributed by atoms with Crippen molar-refractivity contribution in [2.45, 2.75) is 55.9 Å². The van der Waals surface area contributed by atoms with Crippen LogP contribution >= 0.6 is 12.4 Å². The van der Waals surface area contributed by atoms with E-state index in [1.165, 1.54) is 18.2 Å². The summed E-state index contributed by atoms with van der Waals surface area (Å²) in [4.78, 5) is 21.2. The van der Waals surface area contributed by atoms with Crippen LogP contribution in [0.3, 0.4) is 0 Å². The number of hydrogen-bond acceptors (Lipinski definition) is 9. The van der Waals surface area contributed by atoms with Gasteiger partial charge in [0, 0.05) is 49.1 Å². The van der Waals surface area contributed by atoms with Crippen molar-refractivity contribution in [3.05, 3.63) is 47.8 Å². The van der Waals surface area contributed by atoms with Gasteiger partial charge in [0.25, 0.3) is 6.47 Å². The summed E-state index contributed by atoms with van der Waals surface area (Å²) in [6, 6.07) is 6.59. The Hall–Kier alpha value is -4.14. The monoisotopic (exact) mass is 691 g/mol. The van der Waals surface area contributed by atoms with Gasteiger partial charge in [0.05, 0.1) is 16.5 Å². The number of rotatable bonds is 5. The van der Waals surface area contributed by atoms with E-state index in [-0.39, 0.29) is 76.9 Å². The zero-order chi connectivity index (χ0) is 33.0. The Balaban J connectivity index is 0.000000969. The molecule has 3 aromatic carbocycles. The van der Waals surface area contributed by atoms with E-state index in [1.807, 2.05) is 4.90 Å². The number of carbonyl (C=O) groups is 1. The highest BCUT2D eigenvalue weighted by atomic mass is 35.5. The van der Waals surface area contributed by atoms with Crippen molar-refractivity contribution in [1.29, 1.82) is 0 Å². The van der Waals surface area contributed by atoms with Gasteiger partial charge in [0.2, 0.25) is 0 Å². The number of piperazine rings is 1. The number of alkyl halides is 1. The SMILES string of the molecule is Cl.O=CO.Oc1cc(-c2c(O)c(F)c3c(N4CC5CCC(C4)N5)nc(OC[C@@]45CCCN4C[C@H](F)C5)nc3c2F)c2c(F)cccc2c1. The van der Waals surface area contributed by atoms with Gasteiger partial charge in [-0.05, 0) is 55.8 Å². The van der Waals surface area contributed by atoms with Gasteiger partial charge in [0.1, 0.15) is 35.7 Å². The topological polar surface area (TPSA) is 131 Å². The van der Waals surface area contributed by atoms with Crippen molar-refractivity contribution >= 4 is 46.4 Å². The van der Waals surface area contributed by atoms with E-state index >= 15 is 13.2 Å². The molecular weight excluding hydrogens is 658 g/mol. The number of aromatic nitrogens is 2. The van der Waals surface area contributed by atoms with Crippen LogP contribution in [0.2, 0.25) is 0 Å². The normalized spacial score (nSPS) is 24.7. The summed E-state index contributed by atoms with van der Waals surface area (Å²) in [5.74, 6) is -4.27. The number of carboxylic acid groups (broad SMARTS) is 1. The Labute approximate surface area is 278 Å². The van der Waals surface area contributed by atoms with E-state index in [9.17, 15) is 14.6 Å². The molecule has 8 rings (SSSR count). The Morgan fingerprint density at radius 1 is 1.04 bits per heavy atom. The first-order chi connectivity index (χ1) is 22.6. The Kier molecular flexibility index (Phi) is 9.18. The summed E-state index contributed by atoms with van der Waals surface area (Å²) in [5.41, 5.74) is -1.82. The zero-order valence-corrected chi connectivity index (χ0v) is 26.5. The number of anilines is 1. The van der Waals surface area contributed by atoms with Gasteiger partial charge in [-0.1, -0.05) is 12.1 Å². The second-order valence-electron chi connectivity index (χ2n) is 12.7. The number of phenols is 2. The summed E-state index contributed by atoms with van der Waals surface area (Å²) < 4.78 is 68.7. The molecule has 15 heteroatoms. The first-order valence-electron chi connectivity index (χ1n) is 15.6. The molecule has 48 heavy (non-hydrogen) atoms. The third-order valence-electron chi connectivity index (χ3n) is 9.89.